The maximum Gasteiger partial charge on any atom is 0.125 e. The minimum Gasteiger partial charge on any atom is -0.398 e. The number of halogens is 1. The van der Waals surface area contributed by atoms with Gasteiger partial charge in [0.2, 0.25) is 0 Å². The molecule has 0 atom stereocenters. The van der Waals surface area contributed by atoms with Crippen molar-refractivity contribution in [1.82, 2.24) is 4.98 Å². The van der Waals surface area contributed by atoms with Gasteiger partial charge in [-0.3, -0.25) is 4.98 Å². The Morgan fingerprint density at radius 2 is 2.08 bits per heavy atom. The van der Waals surface area contributed by atoms with Crippen LogP contribution < -0.4 is 5.73 Å². The van der Waals surface area contributed by atoms with Crippen molar-refractivity contribution in [3.8, 4) is 0 Å². The number of nitrogen functional groups attached to an aromatic ring is 1. The molecule has 2 nitrogen and oxygen atoms in total. The Morgan fingerprint density at radius 3 is 2.92 bits per heavy atom. The Bertz CT molecular complexity index is 426. The first-order valence-corrected chi connectivity index (χ1v) is 3.57. The maximum atomic E-state index is 12.7. The Kier molecular flexibility index (Phi) is 1.43. The first kappa shape index (κ1) is 7.03. The zero-order chi connectivity index (χ0) is 8.55. The lowest BCUT2D eigenvalue weighted by Gasteiger charge is -1.99. The molecule has 12 heavy (non-hydrogen) atoms. The van der Waals surface area contributed by atoms with Crippen molar-refractivity contribution in [2.45, 2.75) is 0 Å². The first-order chi connectivity index (χ1) is 5.77. The van der Waals surface area contributed by atoms with Gasteiger partial charge in [0.05, 0.1) is 5.52 Å². The predicted molar refractivity (Wildman–Crippen MR) is 46.1 cm³/mol. The van der Waals surface area contributed by atoms with E-state index in [0.717, 1.165) is 5.39 Å². The van der Waals surface area contributed by atoms with E-state index in [1.807, 2.05) is 0 Å². The van der Waals surface area contributed by atoms with E-state index in [2.05, 4.69) is 4.98 Å². The predicted octanol–water partition coefficient (Wildman–Crippen LogP) is 1.96. The Morgan fingerprint density at radius 1 is 1.25 bits per heavy atom. The molecule has 0 aliphatic carbocycles. The fourth-order valence-electron chi connectivity index (χ4n) is 1.14. The number of nitrogens with two attached hydrogens (primary N) is 1. The van der Waals surface area contributed by atoms with Gasteiger partial charge in [-0.05, 0) is 18.2 Å². The number of pyridine rings is 1. The van der Waals surface area contributed by atoms with Crippen LogP contribution >= 0.6 is 0 Å². The Balaban J connectivity index is 2.86. The second-order valence-corrected chi connectivity index (χ2v) is 2.56. The highest BCUT2D eigenvalue weighted by atomic mass is 19.1. The molecule has 2 N–H and O–H groups in total. The average Bonchev–Trinajstić information content (AvgIpc) is 2.04. The Labute approximate surface area is 68.8 Å². The third-order valence-electron chi connectivity index (χ3n) is 1.74. The highest BCUT2D eigenvalue weighted by Gasteiger charge is 1.98. The van der Waals surface area contributed by atoms with Gasteiger partial charge in [0.15, 0.2) is 0 Å². The van der Waals surface area contributed by atoms with E-state index in [1.165, 1.54) is 12.1 Å². The van der Waals surface area contributed by atoms with E-state index >= 15 is 0 Å². The van der Waals surface area contributed by atoms with Gasteiger partial charge in [-0.2, -0.15) is 0 Å². The molecule has 0 aliphatic rings. The van der Waals surface area contributed by atoms with E-state index in [-0.39, 0.29) is 5.82 Å². The molecule has 0 saturated heterocycles. The van der Waals surface area contributed by atoms with Crippen LogP contribution in [0.2, 0.25) is 0 Å². The van der Waals surface area contributed by atoms with Gasteiger partial charge in [-0.15, -0.1) is 0 Å². The molecule has 0 unspecified atom stereocenters. The summed E-state index contributed by atoms with van der Waals surface area (Å²) in [5.74, 6) is -0.291. The van der Waals surface area contributed by atoms with E-state index < -0.39 is 0 Å². The Hall–Kier alpha value is -1.64. The zero-order valence-corrected chi connectivity index (χ0v) is 6.29. The summed E-state index contributed by atoms with van der Waals surface area (Å²) in [6, 6.07) is 6.07. The van der Waals surface area contributed by atoms with Crippen LogP contribution in [-0.4, -0.2) is 4.98 Å². The first-order valence-electron chi connectivity index (χ1n) is 3.57. The van der Waals surface area contributed by atoms with Gasteiger partial charge in [-0.25, -0.2) is 4.39 Å². The molecule has 0 fully saturated rings. The van der Waals surface area contributed by atoms with Gasteiger partial charge < -0.3 is 5.73 Å². The molecule has 3 heteroatoms. The molecule has 1 heterocycles. The van der Waals surface area contributed by atoms with Crippen LogP contribution in [0, 0.1) is 5.82 Å². The number of anilines is 1. The third-order valence-corrected chi connectivity index (χ3v) is 1.74. The van der Waals surface area contributed by atoms with E-state index in [4.69, 9.17) is 5.73 Å². The van der Waals surface area contributed by atoms with E-state index in [1.54, 1.807) is 18.3 Å². The molecule has 0 radical (unpaired) electrons. The standard InChI is InChI=1S/C9H7FN2/c10-6-1-2-7-8(11)3-4-12-9(7)5-6/h1-5H,(H2,11,12). The minimum absolute atomic E-state index is 0.291. The summed E-state index contributed by atoms with van der Waals surface area (Å²) < 4.78 is 12.7. The molecular weight excluding hydrogens is 155 g/mol. The summed E-state index contributed by atoms with van der Waals surface area (Å²) in [7, 11) is 0. The van der Waals surface area contributed by atoms with Crippen molar-refractivity contribution in [2.75, 3.05) is 5.73 Å². The van der Waals surface area contributed by atoms with Crippen LogP contribution in [0.4, 0.5) is 10.1 Å². The number of aromatic nitrogens is 1. The summed E-state index contributed by atoms with van der Waals surface area (Å²) in [6.07, 6.45) is 1.57. The molecular formula is C9H7FN2. The fraction of sp³-hybridized carbons (Fsp3) is 0. The van der Waals surface area contributed by atoms with E-state index in [9.17, 15) is 4.39 Å². The van der Waals surface area contributed by atoms with Gasteiger partial charge in [0, 0.05) is 23.3 Å². The molecule has 1 aromatic carbocycles. The lowest BCUT2D eigenvalue weighted by atomic mass is 10.2. The van der Waals surface area contributed by atoms with Crippen molar-refractivity contribution in [1.29, 1.82) is 0 Å². The molecule has 0 aliphatic heterocycles. The van der Waals surface area contributed by atoms with Crippen LogP contribution in [-0.2, 0) is 0 Å². The molecule has 1 aromatic heterocycles. The summed E-state index contributed by atoms with van der Waals surface area (Å²) in [6.45, 7) is 0. The minimum atomic E-state index is -0.291. The SMILES string of the molecule is Nc1ccnc2cc(F)ccc12. The van der Waals surface area contributed by atoms with Gasteiger partial charge in [0.25, 0.3) is 0 Å². The lowest BCUT2D eigenvalue weighted by Crippen LogP contribution is -1.88. The van der Waals surface area contributed by atoms with Crippen molar-refractivity contribution in [2.24, 2.45) is 0 Å². The number of hydrogen-bond donors (Lipinski definition) is 1. The molecule has 0 saturated carbocycles. The van der Waals surface area contributed by atoms with Crippen LogP contribution in [0.1, 0.15) is 0 Å². The quantitative estimate of drug-likeness (QED) is 0.643. The number of nitrogens with zero attached hydrogens (tertiary/aromatic N) is 1. The van der Waals surface area contributed by atoms with Crippen molar-refractivity contribution in [3.05, 3.63) is 36.3 Å². The highest BCUT2D eigenvalue weighted by Crippen LogP contribution is 2.18. The monoisotopic (exact) mass is 162 g/mol. The number of hydrogen-bond acceptors (Lipinski definition) is 2. The van der Waals surface area contributed by atoms with Crippen molar-refractivity contribution >= 4 is 16.6 Å². The van der Waals surface area contributed by atoms with Crippen LogP contribution in [0.3, 0.4) is 0 Å². The number of rotatable bonds is 0. The maximum absolute atomic E-state index is 12.7. The summed E-state index contributed by atoms with van der Waals surface area (Å²) in [5.41, 5.74) is 6.86. The molecule has 0 spiro atoms. The van der Waals surface area contributed by atoms with Crippen LogP contribution in [0.15, 0.2) is 30.5 Å². The second-order valence-electron chi connectivity index (χ2n) is 2.56. The molecule has 2 rings (SSSR count). The number of fused-ring (bicyclic) bond motifs is 1. The van der Waals surface area contributed by atoms with E-state index in [0.29, 0.717) is 11.2 Å². The number of benzene rings is 1. The van der Waals surface area contributed by atoms with Crippen molar-refractivity contribution < 1.29 is 4.39 Å². The van der Waals surface area contributed by atoms with Crippen LogP contribution in [0.25, 0.3) is 10.9 Å². The lowest BCUT2D eigenvalue weighted by molar-refractivity contribution is 0.629. The smallest absolute Gasteiger partial charge is 0.125 e. The normalized spacial score (nSPS) is 10.4. The summed E-state index contributed by atoms with van der Waals surface area (Å²) in [4.78, 5) is 3.98. The topological polar surface area (TPSA) is 38.9 Å². The second kappa shape index (κ2) is 2.44. The molecule has 60 valence electrons. The van der Waals surface area contributed by atoms with Crippen molar-refractivity contribution in [3.63, 3.8) is 0 Å². The van der Waals surface area contributed by atoms with Gasteiger partial charge in [0.1, 0.15) is 5.82 Å². The largest absolute Gasteiger partial charge is 0.398 e. The summed E-state index contributed by atoms with van der Waals surface area (Å²) >= 11 is 0. The molecule has 0 amide bonds. The average molecular weight is 162 g/mol. The summed E-state index contributed by atoms with van der Waals surface area (Å²) in [5, 5.41) is 0.791. The van der Waals surface area contributed by atoms with Gasteiger partial charge in [-0.1, -0.05) is 0 Å². The highest BCUT2D eigenvalue weighted by molar-refractivity contribution is 5.89. The van der Waals surface area contributed by atoms with Crippen LogP contribution in [0.5, 0.6) is 0 Å². The zero-order valence-electron chi connectivity index (χ0n) is 6.29. The van der Waals surface area contributed by atoms with Gasteiger partial charge >= 0.3 is 0 Å². The molecule has 0 bridgehead atoms. The fourth-order valence-corrected chi connectivity index (χ4v) is 1.14. The third kappa shape index (κ3) is 0.993. The molecule has 2 aromatic rings.